The van der Waals surface area contributed by atoms with Crippen LogP contribution in [0.4, 0.5) is 4.39 Å². The molecule has 10 heteroatoms. The van der Waals surface area contributed by atoms with Gasteiger partial charge >= 0.3 is 0 Å². The second kappa shape index (κ2) is 8.76. The highest BCUT2D eigenvalue weighted by Gasteiger charge is 2.28. The molecule has 1 unspecified atom stereocenters. The van der Waals surface area contributed by atoms with E-state index in [4.69, 9.17) is 4.74 Å². The van der Waals surface area contributed by atoms with Crippen molar-refractivity contribution in [2.24, 2.45) is 5.92 Å². The molecular weight excluding hydrogens is 397 g/mol. The second-order valence-corrected chi connectivity index (χ2v) is 9.51. The summed E-state index contributed by atoms with van der Waals surface area (Å²) in [7, 11) is -1.92. The van der Waals surface area contributed by atoms with Crippen molar-refractivity contribution in [3.05, 3.63) is 41.2 Å². The summed E-state index contributed by atoms with van der Waals surface area (Å²) < 4.78 is 47.0. The number of halogens is 1. The van der Waals surface area contributed by atoms with E-state index in [-0.39, 0.29) is 17.5 Å². The third-order valence-corrected chi connectivity index (χ3v) is 5.74. The first-order valence-electron chi connectivity index (χ1n) is 9.62. The van der Waals surface area contributed by atoms with Crippen molar-refractivity contribution in [3.8, 4) is 5.75 Å². The van der Waals surface area contributed by atoms with E-state index in [1.807, 2.05) is 18.4 Å². The zero-order chi connectivity index (χ0) is 21.2. The first kappa shape index (κ1) is 21.7. The van der Waals surface area contributed by atoms with Crippen LogP contribution < -0.4 is 9.46 Å². The summed E-state index contributed by atoms with van der Waals surface area (Å²) in [5.74, 6) is 1.39. The molecule has 2 heterocycles. The van der Waals surface area contributed by atoms with Gasteiger partial charge in [0.05, 0.1) is 19.4 Å². The van der Waals surface area contributed by atoms with Crippen molar-refractivity contribution in [1.29, 1.82) is 0 Å². The lowest BCUT2D eigenvalue weighted by Gasteiger charge is -2.22. The maximum atomic E-state index is 13.6. The van der Waals surface area contributed by atoms with Crippen molar-refractivity contribution in [3.63, 3.8) is 0 Å². The Morgan fingerprint density at radius 1 is 1.24 bits per heavy atom. The number of methoxy groups -OCH3 is 1. The third kappa shape index (κ3) is 5.31. The van der Waals surface area contributed by atoms with Crippen molar-refractivity contribution in [1.82, 2.24) is 24.4 Å². The summed E-state index contributed by atoms with van der Waals surface area (Å²) in [5, 5.41) is 8.61. The van der Waals surface area contributed by atoms with E-state index in [1.54, 1.807) is 12.1 Å². The van der Waals surface area contributed by atoms with Gasteiger partial charge in [0.2, 0.25) is 10.0 Å². The molecule has 0 amide bonds. The van der Waals surface area contributed by atoms with Crippen LogP contribution in [0.3, 0.4) is 0 Å². The lowest BCUT2D eigenvalue weighted by Crippen LogP contribution is -2.33. The van der Waals surface area contributed by atoms with Crippen molar-refractivity contribution in [2.75, 3.05) is 26.5 Å². The zero-order valence-electron chi connectivity index (χ0n) is 17.2. The number of nitrogens with one attached hydrogen (secondary N) is 1. The number of sulfonamides is 1. The Morgan fingerprint density at radius 3 is 2.66 bits per heavy atom. The highest BCUT2D eigenvalue weighted by Crippen LogP contribution is 2.24. The fourth-order valence-corrected chi connectivity index (χ4v) is 4.39. The van der Waals surface area contributed by atoms with E-state index in [9.17, 15) is 12.8 Å². The zero-order valence-corrected chi connectivity index (χ0v) is 18.0. The molecule has 160 valence electrons. The van der Waals surface area contributed by atoms with E-state index in [1.165, 1.54) is 13.2 Å². The summed E-state index contributed by atoms with van der Waals surface area (Å²) in [6.07, 6.45) is 1.86. The molecule has 1 aromatic carbocycles. The van der Waals surface area contributed by atoms with Gasteiger partial charge in [-0.25, -0.2) is 17.5 Å². The molecule has 0 bridgehead atoms. The quantitative estimate of drug-likeness (QED) is 0.727. The largest absolute Gasteiger partial charge is 0.494 e. The third-order valence-electron chi connectivity index (χ3n) is 5.06. The molecule has 0 saturated carbocycles. The smallest absolute Gasteiger partial charge is 0.209 e. The average molecular weight is 426 g/mol. The predicted octanol–water partition coefficient (Wildman–Crippen LogP) is 1.73. The summed E-state index contributed by atoms with van der Waals surface area (Å²) in [4.78, 5) is 2.26. The van der Waals surface area contributed by atoms with Gasteiger partial charge in [0.15, 0.2) is 17.4 Å². The summed E-state index contributed by atoms with van der Waals surface area (Å²) in [5.41, 5.74) is 0.972. The van der Waals surface area contributed by atoms with Gasteiger partial charge in [-0.15, -0.1) is 10.2 Å². The number of fused-ring (bicyclic) bond motifs is 1. The normalized spacial score (nSPS) is 16.5. The number of benzene rings is 1. The number of hydrogen-bond acceptors (Lipinski definition) is 6. The Hall–Kier alpha value is -2.04. The van der Waals surface area contributed by atoms with Crippen LogP contribution in [0.2, 0.25) is 0 Å². The Kier molecular flexibility index (Phi) is 6.55. The number of rotatable bonds is 7. The number of aromatic nitrogens is 3. The van der Waals surface area contributed by atoms with Gasteiger partial charge in [0, 0.05) is 32.6 Å². The average Bonchev–Trinajstić information content (AvgIpc) is 2.94. The van der Waals surface area contributed by atoms with E-state index in [2.05, 4.69) is 19.8 Å². The standard InChI is InChI=1S/C19H28FN5O3S/c1-13(2)18(23-29(4,26)27)19-22-21-17-7-8-24(9-10-25(17)19)12-14-5-6-15(20)16(11-14)28-3/h5-6,11,13,18,23H,7-10,12H2,1-4H3. The van der Waals surface area contributed by atoms with Crippen molar-refractivity contribution < 1.29 is 17.5 Å². The van der Waals surface area contributed by atoms with E-state index >= 15 is 0 Å². The minimum absolute atomic E-state index is 0.0315. The lowest BCUT2D eigenvalue weighted by atomic mass is 10.1. The molecule has 29 heavy (non-hydrogen) atoms. The highest BCUT2D eigenvalue weighted by atomic mass is 32.2. The maximum Gasteiger partial charge on any atom is 0.209 e. The van der Waals surface area contributed by atoms with Crippen LogP contribution in [-0.4, -0.2) is 54.5 Å². The second-order valence-electron chi connectivity index (χ2n) is 7.73. The van der Waals surface area contributed by atoms with E-state index in [0.717, 1.165) is 30.7 Å². The van der Waals surface area contributed by atoms with Gasteiger partial charge in [-0.05, 0) is 23.6 Å². The fourth-order valence-electron chi connectivity index (χ4n) is 3.56. The van der Waals surface area contributed by atoms with Gasteiger partial charge in [-0.3, -0.25) is 4.90 Å². The van der Waals surface area contributed by atoms with Crippen LogP contribution >= 0.6 is 0 Å². The molecule has 0 saturated heterocycles. The molecule has 1 N–H and O–H groups in total. The molecule has 3 rings (SSSR count). The van der Waals surface area contributed by atoms with Crippen LogP contribution in [0.1, 0.15) is 37.1 Å². The molecule has 1 aromatic heterocycles. The number of ether oxygens (including phenoxy) is 1. The Labute approximate surface area is 171 Å². The molecular formula is C19H28FN5O3S. The summed E-state index contributed by atoms with van der Waals surface area (Å²) in [6, 6.07) is 4.47. The summed E-state index contributed by atoms with van der Waals surface area (Å²) >= 11 is 0. The van der Waals surface area contributed by atoms with Crippen molar-refractivity contribution in [2.45, 2.75) is 39.4 Å². The van der Waals surface area contributed by atoms with Crippen LogP contribution in [-0.2, 0) is 29.5 Å². The summed E-state index contributed by atoms with van der Waals surface area (Å²) in [6.45, 7) is 6.76. The molecule has 1 aliphatic rings. The topological polar surface area (TPSA) is 89.3 Å². The van der Waals surface area contributed by atoms with Crippen LogP contribution in [0.15, 0.2) is 18.2 Å². The maximum absolute atomic E-state index is 13.6. The van der Waals surface area contributed by atoms with Gasteiger partial charge in [0.25, 0.3) is 0 Å². The SMILES string of the molecule is COc1cc(CN2CCc3nnc(C(NS(C)(=O)=O)C(C)C)n3CC2)ccc1F. The van der Waals surface area contributed by atoms with Crippen LogP contribution in [0.25, 0.3) is 0 Å². The molecule has 0 spiro atoms. The number of nitrogens with zero attached hydrogens (tertiary/aromatic N) is 4. The molecule has 0 aliphatic carbocycles. The van der Waals surface area contributed by atoms with E-state index in [0.29, 0.717) is 25.3 Å². The predicted molar refractivity (Wildman–Crippen MR) is 108 cm³/mol. The molecule has 1 aliphatic heterocycles. The molecule has 2 aromatic rings. The Balaban J connectivity index is 1.75. The molecule has 8 nitrogen and oxygen atoms in total. The number of hydrogen-bond donors (Lipinski definition) is 1. The Morgan fingerprint density at radius 2 is 2.00 bits per heavy atom. The van der Waals surface area contributed by atoms with E-state index < -0.39 is 16.1 Å². The fraction of sp³-hybridized carbons (Fsp3) is 0.579. The molecule has 1 atom stereocenters. The minimum Gasteiger partial charge on any atom is -0.494 e. The van der Waals surface area contributed by atoms with Gasteiger partial charge in [-0.2, -0.15) is 0 Å². The minimum atomic E-state index is -3.38. The highest BCUT2D eigenvalue weighted by molar-refractivity contribution is 7.88. The van der Waals surface area contributed by atoms with Crippen LogP contribution in [0, 0.1) is 11.7 Å². The first-order valence-corrected chi connectivity index (χ1v) is 11.5. The Bertz CT molecular complexity index is 961. The first-order chi connectivity index (χ1) is 13.7. The van der Waals surface area contributed by atoms with Crippen molar-refractivity contribution >= 4 is 10.0 Å². The van der Waals surface area contributed by atoms with Crippen LogP contribution in [0.5, 0.6) is 5.75 Å². The van der Waals surface area contributed by atoms with Gasteiger partial charge in [-0.1, -0.05) is 19.9 Å². The molecule has 0 radical (unpaired) electrons. The monoisotopic (exact) mass is 425 g/mol. The molecule has 0 fully saturated rings. The van der Waals surface area contributed by atoms with Gasteiger partial charge in [0.1, 0.15) is 5.82 Å². The van der Waals surface area contributed by atoms with Gasteiger partial charge < -0.3 is 9.30 Å². The lowest BCUT2D eigenvalue weighted by molar-refractivity contribution is 0.268.